The molecule has 0 spiro atoms. The SMILES string of the molecule is COC[C@@H](NC(=O)NCc1nccs1)c1ccc(Cl)cc1. The molecule has 5 nitrogen and oxygen atoms in total. The summed E-state index contributed by atoms with van der Waals surface area (Å²) in [5.74, 6) is 0. The maximum absolute atomic E-state index is 11.9. The maximum atomic E-state index is 11.9. The van der Waals surface area contributed by atoms with Gasteiger partial charge in [0.25, 0.3) is 0 Å². The molecule has 21 heavy (non-hydrogen) atoms. The first-order chi connectivity index (χ1) is 10.2. The Morgan fingerprint density at radius 2 is 2.19 bits per heavy atom. The zero-order valence-electron chi connectivity index (χ0n) is 11.5. The Balaban J connectivity index is 1.92. The summed E-state index contributed by atoms with van der Waals surface area (Å²) in [5, 5.41) is 9.03. The maximum Gasteiger partial charge on any atom is 0.315 e. The van der Waals surface area contributed by atoms with Gasteiger partial charge in [-0.25, -0.2) is 9.78 Å². The average molecular weight is 326 g/mol. The Kier molecular flexibility index (Phi) is 5.98. The van der Waals surface area contributed by atoms with Crippen LogP contribution in [0.3, 0.4) is 0 Å². The molecule has 0 unspecified atom stereocenters. The number of methoxy groups -OCH3 is 1. The normalized spacial score (nSPS) is 11.9. The van der Waals surface area contributed by atoms with Gasteiger partial charge in [-0.15, -0.1) is 11.3 Å². The van der Waals surface area contributed by atoms with Gasteiger partial charge in [0.1, 0.15) is 5.01 Å². The lowest BCUT2D eigenvalue weighted by Crippen LogP contribution is -2.39. The summed E-state index contributed by atoms with van der Waals surface area (Å²) >= 11 is 7.37. The molecule has 0 aliphatic carbocycles. The third kappa shape index (κ3) is 5.00. The number of hydrogen-bond donors (Lipinski definition) is 2. The molecule has 0 saturated heterocycles. The molecule has 7 heteroatoms. The number of hydrogen-bond acceptors (Lipinski definition) is 4. The van der Waals surface area contributed by atoms with Crippen molar-refractivity contribution in [3.05, 3.63) is 51.4 Å². The number of rotatable bonds is 6. The van der Waals surface area contributed by atoms with Crippen LogP contribution in [0.15, 0.2) is 35.8 Å². The lowest BCUT2D eigenvalue weighted by molar-refractivity contribution is 0.166. The summed E-state index contributed by atoms with van der Waals surface area (Å²) < 4.78 is 5.15. The minimum Gasteiger partial charge on any atom is -0.382 e. The van der Waals surface area contributed by atoms with Crippen molar-refractivity contribution in [2.45, 2.75) is 12.6 Å². The lowest BCUT2D eigenvalue weighted by atomic mass is 10.1. The van der Waals surface area contributed by atoms with Crippen LogP contribution in [0, 0.1) is 0 Å². The fourth-order valence-electron chi connectivity index (χ4n) is 1.79. The van der Waals surface area contributed by atoms with Crippen LogP contribution in [0.2, 0.25) is 5.02 Å². The van der Waals surface area contributed by atoms with Crippen molar-refractivity contribution < 1.29 is 9.53 Å². The second-order valence-electron chi connectivity index (χ2n) is 4.31. The molecular weight excluding hydrogens is 310 g/mol. The van der Waals surface area contributed by atoms with Gasteiger partial charge in [0, 0.05) is 23.7 Å². The molecule has 0 fully saturated rings. The van der Waals surface area contributed by atoms with Crippen molar-refractivity contribution in [3.63, 3.8) is 0 Å². The van der Waals surface area contributed by atoms with Gasteiger partial charge in [-0.05, 0) is 17.7 Å². The minimum atomic E-state index is -0.262. The number of carbonyl (C=O) groups excluding carboxylic acids is 1. The van der Waals surface area contributed by atoms with Gasteiger partial charge in [-0.3, -0.25) is 0 Å². The van der Waals surface area contributed by atoms with Crippen molar-refractivity contribution in [3.8, 4) is 0 Å². The van der Waals surface area contributed by atoms with Crippen LogP contribution in [0.5, 0.6) is 0 Å². The van der Waals surface area contributed by atoms with E-state index in [2.05, 4.69) is 15.6 Å². The van der Waals surface area contributed by atoms with E-state index in [9.17, 15) is 4.79 Å². The van der Waals surface area contributed by atoms with Gasteiger partial charge < -0.3 is 15.4 Å². The highest BCUT2D eigenvalue weighted by atomic mass is 35.5. The third-order valence-electron chi connectivity index (χ3n) is 2.79. The molecule has 0 aliphatic rings. The highest BCUT2D eigenvalue weighted by molar-refractivity contribution is 7.09. The Morgan fingerprint density at radius 3 is 2.81 bits per heavy atom. The molecule has 1 aromatic carbocycles. The molecule has 1 atom stereocenters. The average Bonchev–Trinajstić information content (AvgIpc) is 2.99. The van der Waals surface area contributed by atoms with Gasteiger partial charge in [-0.2, -0.15) is 0 Å². The second kappa shape index (κ2) is 7.97. The quantitative estimate of drug-likeness (QED) is 0.858. The van der Waals surface area contributed by atoms with Crippen LogP contribution in [0.4, 0.5) is 4.79 Å². The topological polar surface area (TPSA) is 63.2 Å². The molecule has 1 aromatic heterocycles. The summed E-state index contributed by atoms with van der Waals surface area (Å²) in [5.41, 5.74) is 0.936. The van der Waals surface area contributed by atoms with Crippen LogP contribution in [0.1, 0.15) is 16.6 Å². The first-order valence-electron chi connectivity index (χ1n) is 6.36. The highest BCUT2D eigenvalue weighted by Gasteiger charge is 2.14. The Bertz CT molecular complexity index is 560. The van der Waals surface area contributed by atoms with Gasteiger partial charge >= 0.3 is 6.03 Å². The van der Waals surface area contributed by atoms with Crippen molar-refractivity contribution >= 4 is 29.0 Å². The number of urea groups is 1. The van der Waals surface area contributed by atoms with Crippen LogP contribution in [-0.4, -0.2) is 24.7 Å². The molecular formula is C14H16ClN3O2S. The summed E-state index contributed by atoms with van der Waals surface area (Å²) in [7, 11) is 1.60. The number of amides is 2. The lowest BCUT2D eigenvalue weighted by Gasteiger charge is -2.18. The summed E-state index contributed by atoms with van der Waals surface area (Å²) in [6.07, 6.45) is 1.71. The fraction of sp³-hybridized carbons (Fsp3) is 0.286. The van der Waals surface area contributed by atoms with Crippen molar-refractivity contribution in [2.24, 2.45) is 0 Å². The van der Waals surface area contributed by atoms with Gasteiger partial charge in [0.05, 0.1) is 19.2 Å². The first kappa shape index (κ1) is 15.8. The number of benzene rings is 1. The van der Waals surface area contributed by atoms with Crippen molar-refractivity contribution in [1.82, 2.24) is 15.6 Å². The van der Waals surface area contributed by atoms with E-state index < -0.39 is 0 Å². The molecule has 0 bridgehead atoms. The molecule has 2 aromatic rings. The molecule has 1 heterocycles. The predicted octanol–water partition coefficient (Wildman–Crippen LogP) is 2.98. The Hall–Kier alpha value is -1.63. The molecule has 0 radical (unpaired) electrons. The molecule has 2 amide bonds. The molecule has 112 valence electrons. The van der Waals surface area contributed by atoms with Gasteiger partial charge in [0.15, 0.2) is 0 Å². The highest BCUT2D eigenvalue weighted by Crippen LogP contribution is 2.16. The predicted molar refractivity (Wildman–Crippen MR) is 83.6 cm³/mol. The largest absolute Gasteiger partial charge is 0.382 e. The van der Waals surface area contributed by atoms with E-state index in [4.69, 9.17) is 16.3 Å². The van der Waals surface area contributed by atoms with Crippen LogP contribution < -0.4 is 10.6 Å². The summed E-state index contributed by atoms with van der Waals surface area (Å²) in [6, 6.07) is 6.81. The van der Waals surface area contributed by atoms with E-state index in [0.29, 0.717) is 18.2 Å². The van der Waals surface area contributed by atoms with Crippen LogP contribution >= 0.6 is 22.9 Å². The zero-order chi connectivity index (χ0) is 15.1. The van der Waals surface area contributed by atoms with E-state index in [1.807, 2.05) is 17.5 Å². The number of halogens is 1. The van der Waals surface area contributed by atoms with Crippen molar-refractivity contribution in [2.75, 3.05) is 13.7 Å². The van der Waals surface area contributed by atoms with E-state index >= 15 is 0 Å². The number of nitrogens with one attached hydrogen (secondary N) is 2. The number of thiazole rings is 1. The third-order valence-corrected chi connectivity index (χ3v) is 3.83. The van der Waals surface area contributed by atoms with Crippen LogP contribution in [0.25, 0.3) is 0 Å². The van der Waals surface area contributed by atoms with E-state index in [0.717, 1.165) is 10.6 Å². The van der Waals surface area contributed by atoms with Gasteiger partial charge in [0.2, 0.25) is 0 Å². The zero-order valence-corrected chi connectivity index (χ0v) is 13.1. The number of aromatic nitrogens is 1. The number of carbonyl (C=O) groups is 1. The van der Waals surface area contributed by atoms with Gasteiger partial charge in [-0.1, -0.05) is 23.7 Å². The summed E-state index contributed by atoms with van der Waals surface area (Å²) in [4.78, 5) is 16.0. The Morgan fingerprint density at radius 1 is 1.43 bits per heavy atom. The summed E-state index contributed by atoms with van der Waals surface area (Å²) in [6.45, 7) is 0.788. The van der Waals surface area contributed by atoms with E-state index in [1.54, 1.807) is 25.4 Å². The molecule has 0 saturated carbocycles. The number of nitrogens with zero attached hydrogens (tertiary/aromatic N) is 1. The standard InChI is InChI=1S/C14H16ClN3O2S/c1-20-9-12(10-2-4-11(15)5-3-10)18-14(19)17-8-13-16-6-7-21-13/h2-7,12H,8-9H2,1H3,(H2,17,18,19)/t12-/m1/s1. The minimum absolute atomic E-state index is 0.233. The monoisotopic (exact) mass is 325 g/mol. The fourth-order valence-corrected chi connectivity index (χ4v) is 2.47. The second-order valence-corrected chi connectivity index (χ2v) is 5.73. The van der Waals surface area contributed by atoms with Crippen molar-refractivity contribution in [1.29, 1.82) is 0 Å². The molecule has 0 aliphatic heterocycles. The number of ether oxygens (including phenoxy) is 1. The van der Waals surface area contributed by atoms with Crippen LogP contribution in [-0.2, 0) is 11.3 Å². The molecule has 2 rings (SSSR count). The smallest absolute Gasteiger partial charge is 0.315 e. The Labute approximate surface area is 132 Å². The van der Waals surface area contributed by atoms with E-state index in [-0.39, 0.29) is 12.1 Å². The molecule has 2 N–H and O–H groups in total. The first-order valence-corrected chi connectivity index (χ1v) is 7.62. The van der Waals surface area contributed by atoms with E-state index in [1.165, 1.54) is 11.3 Å².